The van der Waals surface area contributed by atoms with Crippen molar-refractivity contribution < 1.29 is 9.47 Å². The van der Waals surface area contributed by atoms with Crippen molar-refractivity contribution >= 4 is 11.9 Å². The zero-order valence-electron chi connectivity index (χ0n) is 12.7. The second-order valence-corrected chi connectivity index (χ2v) is 5.22. The van der Waals surface area contributed by atoms with Crippen LogP contribution in [0.3, 0.4) is 0 Å². The smallest absolute Gasteiger partial charge is 0.323 e. The molecule has 20 heavy (non-hydrogen) atoms. The van der Waals surface area contributed by atoms with Gasteiger partial charge in [-0.1, -0.05) is 13.8 Å². The fraction of sp³-hybridized carbons (Fsp3) is 0.769. The summed E-state index contributed by atoms with van der Waals surface area (Å²) in [6.45, 7) is 10.3. The highest BCUT2D eigenvalue weighted by Gasteiger charge is 2.06. The minimum Gasteiger partial charge on any atom is -0.461 e. The largest absolute Gasteiger partial charge is 0.461 e. The van der Waals surface area contributed by atoms with Gasteiger partial charge in [0.15, 0.2) is 0 Å². The molecule has 0 spiro atoms. The fourth-order valence-electron chi connectivity index (χ4n) is 1.41. The van der Waals surface area contributed by atoms with Gasteiger partial charge >= 0.3 is 6.01 Å². The molecule has 0 aliphatic carbocycles. The molecule has 0 saturated heterocycles. The van der Waals surface area contributed by atoms with E-state index in [-0.39, 0.29) is 18.1 Å². The Hall–Kier alpha value is -1.63. The van der Waals surface area contributed by atoms with Crippen molar-refractivity contribution in [2.24, 2.45) is 5.92 Å². The molecule has 0 aromatic carbocycles. The topological polar surface area (TPSA) is 95.2 Å². The first-order valence-electron chi connectivity index (χ1n) is 6.97. The van der Waals surface area contributed by atoms with E-state index >= 15 is 0 Å². The van der Waals surface area contributed by atoms with Gasteiger partial charge in [0.25, 0.3) is 0 Å². The third kappa shape index (κ3) is 7.08. The molecule has 7 heteroatoms. The monoisotopic (exact) mass is 283 g/mol. The van der Waals surface area contributed by atoms with Crippen LogP contribution >= 0.6 is 0 Å². The summed E-state index contributed by atoms with van der Waals surface area (Å²) in [4.78, 5) is 12.1. The van der Waals surface area contributed by atoms with Crippen LogP contribution < -0.4 is 15.8 Å². The predicted octanol–water partition coefficient (Wildman–Crippen LogP) is 1.72. The summed E-state index contributed by atoms with van der Waals surface area (Å²) < 4.78 is 10.9. The molecular weight excluding hydrogens is 258 g/mol. The number of hydrogen-bond donors (Lipinski definition) is 2. The molecule has 1 aromatic rings. The van der Waals surface area contributed by atoms with Gasteiger partial charge in [0.2, 0.25) is 11.9 Å². The molecule has 1 heterocycles. The zero-order valence-corrected chi connectivity index (χ0v) is 12.7. The minimum absolute atomic E-state index is 0.00548. The quantitative estimate of drug-likeness (QED) is 0.666. The van der Waals surface area contributed by atoms with Crippen LogP contribution in [0.5, 0.6) is 6.01 Å². The van der Waals surface area contributed by atoms with Crippen LogP contribution in [-0.4, -0.2) is 40.8 Å². The van der Waals surface area contributed by atoms with E-state index in [4.69, 9.17) is 15.2 Å². The molecule has 3 N–H and O–H groups in total. The van der Waals surface area contributed by atoms with Gasteiger partial charge in [-0.2, -0.15) is 15.0 Å². The van der Waals surface area contributed by atoms with Crippen molar-refractivity contribution in [3.8, 4) is 6.01 Å². The number of nitrogens with zero attached hydrogens (tertiary/aromatic N) is 3. The second-order valence-electron chi connectivity index (χ2n) is 5.22. The third-order valence-corrected chi connectivity index (χ3v) is 2.17. The van der Waals surface area contributed by atoms with E-state index in [1.54, 1.807) is 0 Å². The van der Waals surface area contributed by atoms with E-state index < -0.39 is 0 Å². The Balaban J connectivity index is 2.34. The van der Waals surface area contributed by atoms with Gasteiger partial charge in [-0.3, -0.25) is 0 Å². The number of aromatic nitrogens is 3. The number of rotatable bonds is 9. The van der Waals surface area contributed by atoms with Crippen LogP contribution in [0.25, 0.3) is 0 Å². The molecule has 114 valence electrons. The molecule has 0 bridgehead atoms. The highest BCUT2D eigenvalue weighted by molar-refractivity contribution is 5.32. The predicted molar refractivity (Wildman–Crippen MR) is 78.8 cm³/mol. The summed E-state index contributed by atoms with van der Waals surface area (Å²) >= 11 is 0. The Kier molecular flexibility index (Phi) is 7.00. The number of ether oxygens (including phenoxy) is 2. The molecule has 1 aromatic heterocycles. The van der Waals surface area contributed by atoms with Crippen molar-refractivity contribution in [3.05, 3.63) is 0 Å². The molecule has 0 unspecified atom stereocenters. The molecule has 0 atom stereocenters. The lowest BCUT2D eigenvalue weighted by Crippen LogP contribution is -2.14. The lowest BCUT2D eigenvalue weighted by Gasteiger charge is -2.10. The first kappa shape index (κ1) is 16.4. The van der Waals surface area contributed by atoms with Crippen molar-refractivity contribution in [2.45, 2.75) is 40.2 Å². The minimum atomic E-state index is -0.00548. The van der Waals surface area contributed by atoms with Crippen molar-refractivity contribution in [1.82, 2.24) is 15.0 Å². The first-order valence-corrected chi connectivity index (χ1v) is 6.97. The van der Waals surface area contributed by atoms with E-state index in [0.29, 0.717) is 25.0 Å². The molecule has 0 aliphatic rings. The Morgan fingerprint density at radius 3 is 2.55 bits per heavy atom. The van der Waals surface area contributed by atoms with Crippen LogP contribution in [0, 0.1) is 5.92 Å². The average Bonchev–Trinajstić information content (AvgIpc) is 2.31. The highest BCUT2D eigenvalue weighted by atomic mass is 16.5. The van der Waals surface area contributed by atoms with Gasteiger partial charge in [-0.05, 0) is 26.2 Å². The Morgan fingerprint density at radius 1 is 1.15 bits per heavy atom. The van der Waals surface area contributed by atoms with E-state index in [1.807, 2.05) is 13.8 Å². The second kappa shape index (κ2) is 8.52. The van der Waals surface area contributed by atoms with E-state index in [2.05, 4.69) is 34.1 Å². The number of anilines is 2. The molecule has 0 amide bonds. The Labute approximate surface area is 120 Å². The summed E-state index contributed by atoms with van der Waals surface area (Å²) in [5.41, 5.74) is 5.61. The normalized spacial score (nSPS) is 11.1. The van der Waals surface area contributed by atoms with E-state index in [1.165, 1.54) is 0 Å². The highest BCUT2D eigenvalue weighted by Crippen LogP contribution is 2.10. The van der Waals surface area contributed by atoms with Gasteiger partial charge in [0, 0.05) is 19.8 Å². The van der Waals surface area contributed by atoms with Gasteiger partial charge in [-0.15, -0.1) is 0 Å². The maximum Gasteiger partial charge on any atom is 0.323 e. The molecular formula is C13H25N5O2. The van der Waals surface area contributed by atoms with Crippen molar-refractivity contribution in [3.63, 3.8) is 0 Å². The summed E-state index contributed by atoms with van der Waals surface area (Å²) in [6, 6.07) is 0.242. The molecule has 0 fully saturated rings. The van der Waals surface area contributed by atoms with E-state index in [9.17, 15) is 0 Å². The maximum atomic E-state index is 5.61. The van der Waals surface area contributed by atoms with Crippen molar-refractivity contribution in [2.75, 3.05) is 30.8 Å². The van der Waals surface area contributed by atoms with Crippen LogP contribution in [-0.2, 0) is 4.74 Å². The van der Waals surface area contributed by atoms with Crippen LogP contribution in [0.2, 0.25) is 0 Å². The standard InChI is InChI=1S/C13H25N5O2/c1-9(2)8-19-7-5-6-15-12-16-11(14)17-13(18-12)20-10(3)4/h9-10H,5-8H2,1-4H3,(H3,14,15,16,17,18). The SMILES string of the molecule is CC(C)COCCCNc1nc(N)nc(OC(C)C)n1. The average molecular weight is 283 g/mol. The lowest BCUT2D eigenvalue weighted by atomic mass is 10.2. The molecule has 0 saturated carbocycles. The number of nitrogens with two attached hydrogens (primary N) is 1. The Morgan fingerprint density at radius 2 is 1.90 bits per heavy atom. The summed E-state index contributed by atoms with van der Waals surface area (Å²) in [5.74, 6) is 1.13. The van der Waals surface area contributed by atoms with Crippen molar-refractivity contribution in [1.29, 1.82) is 0 Å². The molecule has 7 nitrogen and oxygen atoms in total. The molecule has 1 rings (SSSR count). The van der Waals surface area contributed by atoms with Gasteiger partial charge in [0.05, 0.1) is 6.10 Å². The number of nitrogen functional groups attached to an aromatic ring is 1. The summed E-state index contributed by atoms with van der Waals surface area (Å²) in [6.07, 6.45) is 0.868. The van der Waals surface area contributed by atoms with Crippen LogP contribution in [0.1, 0.15) is 34.1 Å². The summed E-state index contributed by atoms with van der Waals surface area (Å²) in [5, 5.41) is 3.09. The van der Waals surface area contributed by atoms with Crippen LogP contribution in [0.4, 0.5) is 11.9 Å². The zero-order chi connectivity index (χ0) is 15.0. The Bertz CT molecular complexity index is 398. The number of nitrogens with one attached hydrogen (secondary N) is 1. The summed E-state index contributed by atoms with van der Waals surface area (Å²) in [7, 11) is 0. The maximum absolute atomic E-state index is 5.61. The van der Waals surface area contributed by atoms with E-state index in [0.717, 1.165) is 13.0 Å². The van der Waals surface area contributed by atoms with Gasteiger partial charge < -0.3 is 20.5 Å². The fourth-order valence-corrected chi connectivity index (χ4v) is 1.41. The van der Waals surface area contributed by atoms with Crippen LogP contribution in [0.15, 0.2) is 0 Å². The molecule has 0 aliphatic heterocycles. The molecule has 0 radical (unpaired) electrons. The number of hydrogen-bond acceptors (Lipinski definition) is 7. The van der Waals surface area contributed by atoms with Gasteiger partial charge in [0.1, 0.15) is 0 Å². The first-order chi connectivity index (χ1) is 9.47. The lowest BCUT2D eigenvalue weighted by molar-refractivity contribution is 0.110. The third-order valence-electron chi connectivity index (χ3n) is 2.17. The van der Waals surface area contributed by atoms with Gasteiger partial charge in [-0.25, -0.2) is 0 Å².